The van der Waals surface area contributed by atoms with E-state index in [9.17, 15) is 18.0 Å². The Morgan fingerprint density at radius 1 is 0.930 bits per heavy atom. The number of carbonyl (C=O) groups excluding carboxylic acids is 2. The topological polar surface area (TPSA) is 96.0 Å². The first kappa shape index (κ1) is 32.4. The Labute approximate surface area is 260 Å². The minimum Gasteiger partial charge on any atom is -0.492 e. The van der Waals surface area contributed by atoms with Crippen LogP contribution in [0.5, 0.6) is 5.75 Å². The van der Waals surface area contributed by atoms with E-state index in [0.717, 1.165) is 42.0 Å². The molecule has 2 amide bonds. The molecule has 4 rings (SSSR count). The second kappa shape index (κ2) is 15.3. The number of hydrogen-bond acceptors (Lipinski definition) is 5. The fraction of sp³-hybridized carbons (Fsp3) is 0.394. The number of rotatable bonds is 13. The van der Waals surface area contributed by atoms with E-state index in [-0.39, 0.29) is 29.1 Å². The first-order chi connectivity index (χ1) is 20.7. The highest BCUT2D eigenvalue weighted by atomic mass is 35.5. The molecule has 1 aliphatic rings. The highest BCUT2D eigenvalue weighted by Gasteiger charge is 2.35. The summed E-state index contributed by atoms with van der Waals surface area (Å²) in [4.78, 5) is 29.4. The molecule has 43 heavy (non-hydrogen) atoms. The maximum absolute atomic E-state index is 14.3. The van der Waals surface area contributed by atoms with Crippen LogP contribution >= 0.6 is 11.6 Å². The van der Waals surface area contributed by atoms with Crippen molar-refractivity contribution in [2.24, 2.45) is 0 Å². The van der Waals surface area contributed by atoms with Gasteiger partial charge in [0.2, 0.25) is 11.8 Å². The van der Waals surface area contributed by atoms with Crippen LogP contribution in [0.25, 0.3) is 0 Å². The number of para-hydroxylation sites is 2. The van der Waals surface area contributed by atoms with Gasteiger partial charge in [0, 0.05) is 17.6 Å². The Morgan fingerprint density at radius 3 is 2.23 bits per heavy atom. The molecule has 0 spiro atoms. The van der Waals surface area contributed by atoms with Gasteiger partial charge in [0.25, 0.3) is 10.0 Å². The van der Waals surface area contributed by atoms with Gasteiger partial charge in [0.05, 0.1) is 17.2 Å². The van der Waals surface area contributed by atoms with Crippen LogP contribution < -0.4 is 14.4 Å². The van der Waals surface area contributed by atoms with E-state index < -0.39 is 28.5 Å². The van der Waals surface area contributed by atoms with Crippen LogP contribution in [0.4, 0.5) is 5.69 Å². The second-order valence-electron chi connectivity index (χ2n) is 10.6. The van der Waals surface area contributed by atoms with Crippen LogP contribution in [0, 0.1) is 0 Å². The maximum Gasteiger partial charge on any atom is 0.264 e. The third kappa shape index (κ3) is 8.30. The van der Waals surface area contributed by atoms with Crippen LogP contribution in [0.15, 0.2) is 83.8 Å². The lowest BCUT2D eigenvalue weighted by Crippen LogP contribution is -2.54. The predicted octanol–water partition coefficient (Wildman–Crippen LogP) is 6.19. The van der Waals surface area contributed by atoms with Gasteiger partial charge in [-0.05, 0) is 68.1 Å². The van der Waals surface area contributed by atoms with Crippen molar-refractivity contribution in [3.63, 3.8) is 0 Å². The predicted molar refractivity (Wildman–Crippen MR) is 170 cm³/mol. The zero-order chi connectivity index (χ0) is 30.8. The summed E-state index contributed by atoms with van der Waals surface area (Å²) in [6.45, 7) is 3.59. The highest BCUT2D eigenvalue weighted by molar-refractivity contribution is 7.92. The van der Waals surface area contributed by atoms with Crippen molar-refractivity contribution >= 4 is 39.1 Å². The molecule has 1 atom stereocenters. The van der Waals surface area contributed by atoms with Crippen molar-refractivity contribution in [3.8, 4) is 5.75 Å². The minimum atomic E-state index is -4.24. The molecule has 0 radical (unpaired) electrons. The summed E-state index contributed by atoms with van der Waals surface area (Å²) in [6.07, 6.45) is 5.47. The number of amides is 2. The Hall–Kier alpha value is -3.56. The molecular weight excluding hydrogens is 586 g/mol. The van der Waals surface area contributed by atoms with Crippen molar-refractivity contribution in [2.45, 2.75) is 75.9 Å². The molecule has 3 aromatic carbocycles. The molecule has 8 nitrogen and oxygen atoms in total. The molecule has 3 aromatic rings. The van der Waals surface area contributed by atoms with E-state index in [0.29, 0.717) is 23.8 Å². The Bertz CT molecular complexity index is 1460. The number of sulfonamides is 1. The third-order valence-electron chi connectivity index (χ3n) is 7.65. The first-order valence-electron chi connectivity index (χ1n) is 14.9. The minimum absolute atomic E-state index is 0.0207. The number of ether oxygens (including phenoxy) is 1. The molecular formula is C33H40ClN3O5S. The number of anilines is 1. The van der Waals surface area contributed by atoms with E-state index >= 15 is 0 Å². The van der Waals surface area contributed by atoms with Crippen molar-refractivity contribution in [2.75, 3.05) is 17.5 Å². The lowest BCUT2D eigenvalue weighted by Gasteiger charge is -2.34. The standard InChI is InChI=1S/C33H40ClN3O5S/c1-3-29(33(39)35-27-15-9-6-10-16-27)36(23-25-13-7-5-8-14-25)32(38)24-37(30-17-11-12-18-31(30)42-4-2)43(40,41)28-21-19-26(34)20-22-28/h5,7-8,11-14,17-22,27,29H,3-4,6,9-10,15-16,23-24H2,1-2H3,(H,35,39)/t29-/m1/s1. The van der Waals surface area contributed by atoms with Gasteiger partial charge in [0.15, 0.2) is 0 Å². The number of hydrogen-bond donors (Lipinski definition) is 1. The zero-order valence-electron chi connectivity index (χ0n) is 24.7. The van der Waals surface area contributed by atoms with Crippen LogP contribution in [0.2, 0.25) is 5.02 Å². The molecule has 0 saturated heterocycles. The number of nitrogens with zero attached hydrogens (tertiary/aromatic N) is 2. The number of nitrogens with one attached hydrogen (secondary N) is 1. The molecule has 0 aromatic heterocycles. The monoisotopic (exact) mass is 625 g/mol. The summed E-state index contributed by atoms with van der Waals surface area (Å²) in [5.74, 6) is -0.397. The summed E-state index contributed by atoms with van der Waals surface area (Å²) in [5, 5.41) is 3.56. The lowest BCUT2D eigenvalue weighted by atomic mass is 9.95. The molecule has 1 N–H and O–H groups in total. The molecule has 0 unspecified atom stereocenters. The zero-order valence-corrected chi connectivity index (χ0v) is 26.3. The van der Waals surface area contributed by atoms with Crippen LogP contribution in [0.1, 0.15) is 57.9 Å². The molecule has 0 heterocycles. The summed E-state index contributed by atoms with van der Waals surface area (Å²) in [5.41, 5.74) is 1.06. The van der Waals surface area contributed by atoms with Gasteiger partial charge in [0.1, 0.15) is 18.3 Å². The molecule has 1 saturated carbocycles. The van der Waals surface area contributed by atoms with Gasteiger partial charge in [-0.25, -0.2) is 8.42 Å². The molecule has 1 aliphatic carbocycles. The van der Waals surface area contributed by atoms with Crippen LogP contribution in [0.3, 0.4) is 0 Å². The molecule has 0 bridgehead atoms. The molecule has 0 aliphatic heterocycles. The van der Waals surface area contributed by atoms with Crippen molar-refractivity contribution < 1.29 is 22.7 Å². The van der Waals surface area contributed by atoms with Gasteiger partial charge < -0.3 is 15.0 Å². The summed E-state index contributed by atoms with van der Waals surface area (Å²) >= 11 is 6.05. The smallest absolute Gasteiger partial charge is 0.264 e. The van der Waals surface area contributed by atoms with Crippen LogP contribution in [-0.4, -0.2) is 50.4 Å². The van der Waals surface area contributed by atoms with Crippen molar-refractivity contribution in [1.29, 1.82) is 0 Å². The number of halogens is 1. The highest BCUT2D eigenvalue weighted by Crippen LogP contribution is 2.33. The van der Waals surface area contributed by atoms with Gasteiger partial charge in [-0.1, -0.05) is 80.3 Å². The number of benzene rings is 3. The second-order valence-corrected chi connectivity index (χ2v) is 12.9. The SMILES string of the molecule is CCOc1ccccc1N(CC(=O)N(Cc1ccccc1)[C@H](CC)C(=O)NC1CCCCC1)S(=O)(=O)c1ccc(Cl)cc1. The normalized spacial score (nSPS) is 14.5. The lowest BCUT2D eigenvalue weighted by molar-refractivity contribution is -0.140. The molecule has 10 heteroatoms. The van der Waals surface area contributed by atoms with Gasteiger partial charge in [-0.2, -0.15) is 0 Å². The van der Waals surface area contributed by atoms with E-state index in [4.69, 9.17) is 16.3 Å². The largest absolute Gasteiger partial charge is 0.492 e. The first-order valence-corrected chi connectivity index (χ1v) is 16.7. The van der Waals surface area contributed by atoms with Gasteiger partial charge in [-0.3, -0.25) is 13.9 Å². The van der Waals surface area contributed by atoms with E-state index in [1.807, 2.05) is 37.3 Å². The van der Waals surface area contributed by atoms with Crippen molar-refractivity contribution in [3.05, 3.63) is 89.4 Å². The molecule has 1 fully saturated rings. The van der Waals surface area contributed by atoms with Gasteiger partial charge in [-0.15, -0.1) is 0 Å². The maximum atomic E-state index is 14.3. The Kier molecular flexibility index (Phi) is 11.5. The van der Waals surface area contributed by atoms with E-state index in [1.54, 1.807) is 31.2 Å². The van der Waals surface area contributed by atoms with E-state index in [2.05, 4.69) is 5.32 Å². The van der Waals surface area contributed by atoms with Crippen LogP contribution in [-0.2, 0) is 26.2 Å². The fourth-order valence-corrected chi connectivity index (χ4v) is 6.98. The Balaban J connectivity index is 1.73. The van der Waals surface area contributed by atoms with Crippen molar-refractivity contribution in [1.82, 2.24) is 10.2 Å². The summed E-state index contributed by atoms with van der Waals surface area (Å²) < 4.78 is 35.1. The quantitative estimate of drug-likeness (QED) is 0.244. The third-order valence-corrected chi connectivity index (χ3v) is 9.67. The molecule has 230 valence electrons. The Morgan fingerprint density at radius 2 is 1.58 bits per heavy atom. The van der Waals surface area contributed by atoms with E-state index in [1.165, 1.54) is 29.2 Å². The summed E-state index contributed by atoms with van der Waals surface area (Å²) in [7, 11) is -4.24. The average Bonchev–Trinajstić information content (AvgIpc) is 3.01. The van der Waals surface area contributed by atoms with Gasteiger partial charge >= 0.3 is 0 Å². The fourth-order valence-electron chi connectivity index (χ4n) is 5.43. The average molecular weight is 626 g/mol. The summed E-state index contributed by atoms with van der Waals surface area (Å²) in [6, 6.07) is 21.2. The number of carbonyl (C=O) groups is 2.